The van der Waals surface area contributed by atoms with E-state index in [0.29, 0.717) is 17.1 Å². The second kappa shape index (κ2) is 7.70. The van der Waals surface area contributed by atoms with E-state index in [9.17, 15) is 9.59 Å². The zero-order chi connectivity index (χ0) is 17.8. The van der Waals surface area contributed by atoms with E-state index in [4.69, 9.17) is 16.3 Å². The highest BCUT2D eigenvalue weighted by Crippen LogP contribution is 2.16. The van der Waals surface area contributed by atoms with Gasteiger partial charge in [0.25, 0.3) is 5.91 Å². The summed E-state index contributed by atoms with van der Waals surface area (Å²) >= 11 is 6.13. The van der Waals surface area contributed by atoms with Gasteiger partial charge in [-0.15, -0.1) is 0 Å². The third kappa shape index (κ3) is 4.20. The Kier molecular flexibility index (Phi) is 5.38. The molecule has 1 atom stereocenters. The Balaban J connectivity index is 1.60. The van der Waals surface area contributed by atoms with Gasteiger partial charge in [0, 0.05) is 24.3 Å². The summed E-state index contributed by atoms with van der Waals surface area (Å²) in [6.45, 7) is 3.52. The van der Waals surface area contributed by atoms with E-state index in [2.05, 4.69) is 5.10 Å². The number of amides is 1. The van der Waals surface area contributed by atoms with Crippen molar-refractivity contribution in [2.45, 2.75) is 32.4 Å². The average molecular weight is 362 g/mol. The van der Waals surface area contributed by atoms with Crippen LogP contribution in [0.15, 0.2) is 36.7 Å². The molecule has 3 rings (SSSR count). The van der Waals surface area contributed by atoms with Gasteiger partial charge in [0.15, 0.2) is 6.10 Å². The maximum Gasteiger partial charge on any atom is 0.342 e. The molecule has 1 fully saturated rings. The molecule has 0 N–H and O–H groups in total. The van der Waals surface area contributed by atoms with Crippen LogP contribution in [0.2, 0.25) is 5.02 Å². The van der Waals surface area contributed by atoms with Crippen molar-refractivity contribution >= 4 is 23.5 Å². The van der Waals surface area contributed by atoms with Gasteiger partial charge < -0.3 is 9.64 Å². The van der Waals surface area contributed by atoms with Crippen LogP contribution in [-0.4, -0.2) is 45.8 Å². The molecule has 2 heterocycles. The Bertz CT molecular complexity index is 768. The van der Waals surface area contributed by atoms with Gasteiger partial charge in [-0.25, -0.2) is 4.79 Å². The van der Waals surface area contributed by atoms with E-state index in [1.165, 1.54) is 6.20 Å². The predicted molar refractivity (Wildman–Crippen MR) is 93.5 cm³/mol. The normalized spacial score (nSPS) is 15.2. The number of nitrogens with zero attached hydrogens (tertiary/aromatic N) is 3. The number of aromatic nitrogens is 2. The average Bonchev–Trinajstić information content (AvgIpc) is 3.28. The first-order chi connectivity index (χ1) is 12.0. The van der Waals surface area contributed by atoms with E-state index in [0.717, 1.165) is 31.5 Å². The molecule has 7 heteroatoms. The van der Waals surface area contributed by atoms with Gasteiger partial charge >= 0.3 is 5.97 Å². The highest BCUT2D eigenvalue weighted by atomic mass is 35.5. The Morgan fingerprint density at radius 2 is 2.00 bits per heavy atom. The third-order valence-corrected chi connectivity index (χ3v) is 4.58. The lowest BCUT2D eigenvalue weighted by Gasteiger charge is -2.20. The molecule has 1 aliphatic rings. The van der Waals surface area contributed by atoms with Crippen LogP contribution in [0.25, 0.3) is 0 Å². The molecule has 1 saturated heterocycles. The number of halogens is 1. The van der Waals surface area contributed by atoms with Gasteiger partial charge in [-0.3, -0.25) is 9.48 Å². The highest BCUT2D eigenvalue weighted by Gasteiger charge is 2.26. The summed E-state index contributed by atoms with van der Waals surface area (Å²) in [7, 11) is 0. The summed E-state index contributed by atoms with van der Waals surface area (Å²) < 4.78 is 6.90. The van der Waals surface area contributed by atoms with E-state index in [-0.39, 0.29) is 5.91 Å². The van der Waals surface area contributed by atoms with Crippen molar-refractivity contribution in [1.82, 2.24) is 14.7 Å². The number of carbonyl (C=O) groups excluding carboxylic acids is 2. The smallest absolute Gasteiger partial charge is 0.342 e. The fourth-order valence-corrected chi connectivity index (χ4v) is 3.03. The SMILES string of the molecule is C[C@@H](OC(=O)c1cnn(Cc2ccccc2Cl)c1)C(=O)N1CCCC1. The van der Waals surface area contributed by atoms with E-state index in [1.54, 1.807) is 28.8 Å². The van der Waals surface area contributed by atoms with Crippen molar-refractivity contribution in [3.05, 3.63) is 52.8 Å². The molecule has 1 amide bonds. The highest BCUT2D eigenvalue weighted by molar-refractivity contribution is 6.31. The number of ether oxygens (including phenoxy) is 1. The third-order valence-electron chi connectivity index (χ3n) is 4.21. The summed E-state index contributed by atoms with van der Waals surface area (Å²) in [5.41, 5.74) is 1.22. The monoisotopic (exact) mass is 361 g/mol. The number of rotatable bonds is 5. The van der Waals surface area contributed by atoms with Gasteiger partial charge in [-0.05, 0) is 31.4 Å². The predicted octanol–water partition coefficient (Wildman–Crippen LogP) is 2.75. The lowest BCUT2D eigenvalue weighted by Crippen LogP contribution is -2.38. The molecule has 1 aromatic heterocycles. The molecule has 1 aromatic carbocycles. The molecule has 6 nitrogen and oxygen atoms in total. The second-order valence-corrected chi connectivity index (χ2v) is 6.51. The number of hydrogen-bond donors (Lipinski definition) is 0. The van der Waals surface area contributed by atoms with E-state index >= 15 is 0 Å². The quantitative estimate of drug-likeness (QED) is 0.768. The summed E-state index contributed by atoms with van der Waals surface area (Å²) in [6.07, 6.45) is 4.24. The van der Waals surface area contributed by atoms with Gasteiger partial charge in [0.05, 0.1) is 18.3 Å². The molecule has 25 heavy (non-hydrogen) atoms. The van der Waals surface area contributed by atoms with Crippen molar-refractivity contribution in [2.24, 2.45) is 0 Å². The first-order valence-electron chi connectivity index (χ1n) is 8.30. The Morgan fingerprint density at radius 1 is 1.28 bits per heavy atom. The van der Waals surface area contributed by atoms with Gasteiger partial charge in [-0.1, -0.05) is 29.8 Å². The fourth-order valence-electron chi connectivity index (χ4n) is 2.83. The largest absolute Gasteiger partial charge is 0.449 e. The van der Waals surface area contributed by atoms with Gasteiger partial charge in [0.2, 0.25) is 0 Å². The zero-order valence-electron chi connectivity index (χ0n) is 14.0. The Morgan fingerprint density at radius 3 is 2.72 bits per heavy atom. The standard InChI is InChI=1S/C18H20ClN3O3/c1-13(17(23)21-8-4-5-9-21)25-18(24)15-10-20-22(12-15)11-14-6-2-3-7-16(14)19/h2-3,6-7,10,12-13H,4-5,8-9,11H2,1H3/t13-/m1/s1. The second-order valence-electron chi connectivity index (χ2n) is 6.10. The molecule has 0 unspecified atom stereocenters. The summed E-state index contributed by atoms with van der Waals surface area (Å²) in [5, 5.41) is 4.81. The number of carbonyl (C=O) groups is 2. The van der Waals surface area contributed by atoms with Crippen LogP contribution >= 0.6 is 11.6 Å². The van der Waals surface area contributed by atoms with Crippen LogP contribution in [0.5, 0.6) is 0 Å². The van der Waals surface area contributed by atoms with Crippen LogP contribution in [0.3, 0.4) is 0 Å². The first kappa shape index (κ1) is 17.5. The minimum Gasteiger partial charge on any atom is -0.449 e. The maximum atomic E-state index is 12.2. The van der Waals surface area contributed by atoms with Crippen molar-refractivity contribution in [3.63, 3.8) is 0 Å². The summed E-state index contributed by atoms with van der Waals surface area (Å²) in [4.78, 5) is 26.2. The van der Waals surface area contributed by atoms with Crippen molar-refractivity contribution < 1.29 is 14.3 Å². The van der Waals surface area contributed by atoms with E-state index in [1.807, 2.05) is 18.2 Å². The summed E-state index contributed by atoms with van der Waals surface area (Å²) in [6, 6.07) is 7.46. The molecule has 0 bridgehead atoms. The fraction of sp³-hybridized carbons (Fsp3) is 0.389. The molecular weight excluding hydrogens is 342 g/mol. The molecule has 0 aliphatic carbocycles. The van der Waals surface area contributed by atoms with Crippen molar-refractivity contribution in [3.8, 4) is 0 Å². The molecule has 1 aliphatic heterocycles. The Hall–Kier alpha value is -2.34. The van der Waals surface area contributed by atoms with Crippen LogP contribution in [-0.2, 0) is 16.1 Å². The summed E-state index contributed by atoms with van der Waals surface area (Å²) in [5.74, 6) is -0.695. The van der Waals surface area contributed by atoms with Crippen LogP contribution in [0.4, 0.5) is 0 Å². The van der Waals surface area contributed by atoms with Crippen LogP contribution < -0.4 is 0 Å². The van der Waals surface area contributed by atoms with Gasteiger partial charge in [-0.2, -0.15) is 5.10 Å². The molecule has 132 valence electrons. The minimum atomic E-state index is -0.794. The van der Waals surface area contributed by atoms with Crippen LogP contribution in [0.1, 0.15) is 35.7 Å². The lowest BCUT2D eigenvalue weighted by atomic mass is 10.2. The van der Waals surface area contributed by atoms with Crippen molar-refractivity contribution in [1.29, 1.82) is 0 Å². The zero-order valence-corrected chi connectivity index (χ0v) is 14.8. The maximum absolute atomic E-state index is 12.2. The number of esters is 1. The molecular formula is C18H20ClN3O3. The van der Waals surface area contributed by atoms with Crippen LogP contribution in [0, 0.1) is 0 Å². The number of hydrogen-bond acceptors (Lipinski definition) is 4. The number of likely N-dealkylation sites (tertiary alicyclic amines) is 1. The molecule has 0 saturated carbocycles. The topological polar surface area (TPSA) is 64.4 Å². The lowest BCUT2D eigenvalue weighted by molar-refractivity contribution is -0.138. The van der Waals surface area contributed by atoms with E-state index < -0.39 is 12.1 Å². The van der Waals surface area contributed by atoms with Crippen molar-refractivity contribution in [2.75, 3.05) is 13.1 Å². The van der Waals surface area contributed by atoms with Gasteiger partial charge in [0.1, 0.15) is 0 Å². The Labute approximate surface area is 151 Å². The number of benzene rings is 1. The minimum absolute atomic E-state index is 0.144. The first-order valence-corrected chi connectivity index (χ1v) is 8.68. The molecule has 2 aromatic rings. The molecule has 0 spiro atoms. The molecule has 0 radical (unpaired) electrons.